The fourth-order valence-corrected chi connectivity index (χ4v) is 9.82. The minimum Gasteiger partial charge on any atom is -0.457 e. The van der Waals surface area contributed by atoms with Gasteiger partial charge in [-0.2, -0.15) is 4.31 Å². The van der Waals surface area contributed by atoms with Gasteiger partial charge >= 0.3 is 5.97 Å². The molecule has 12 nitrogen and oxygen atoms in total. The summed E-state index contributed by atoms with van der Waals surface area (Å²) in [6.07, 6.45) is 4.83. The summed E-state index contributed by atoms with van der Waals surface area (Å²) in [6, 6.07) is 13.7. The van der Waals surface area contributed by atoms with E-state index in [0.717, 1.165) is 28.2 Å². The lowest BCUT2D eigenvalue weighted by Gasteiger charge is -2.30. The molecule has 0 unspecified atom stereocenters. The van der Waals surface area contributed by atoms with E-state index in [0.29, 0.717) is 18.4 Å². The number of ether oxygens (including phenoxy) is 1. The van der Waals surface area contributed by atoms with Crippen molar-refractivity contribution in [2.24, 2.45) is 0 Å². The molecule has 1 fully saturated rings. The lowest BCUT2D eigenvalue weighted by Crippen LogP contribution is -2.38. The van der Waals surface area contributed by atoms with E-state index in [4.69, 9.17) is 44.1 Å². The quantitative estimate of drug-likeness (QED) is 0.0677. The van der Waals surface area contributed by atoms with Crippen LogP contribution in [0.1, 0.15) is 73.2 Å². The number of hydrogen-bond donors (Lipinski definition) is 0. The van der Waals surface area contributed by atoms with E-state index < -0.39 is 48.9 Å². The van der Waals surface area contributed by atoms with Crippen molar-refractivity contribution in [2.45, 2.75) is 62.9 Å². The highest BCUT2D eigenvalue weighted by molar-refractivity contribution is 7.89. The van der Waals surface area contributed by atoms with Gasteiger partial charge in [0.1, 0.15) is 16.9 Å². The van der Waals surface area contributed by atoms with E-state index in [9.17, 15) is 28.1 Å². The SMILES string of the molecule is CC(C)(C)OC(=O)/C=C1\CCc2cn(C(=O)c3c(-c4c(Cl)cc(Cl)cc4Cl)noc3C3CCN(S(=O)(=O)c4ccccc4[N+](=O)[O-])CC3)c3cccc1c23. The third-order valence-corrected chi connectivity index (χ3v) is 12.3. The number of nitrogens with zero attached hydrogens (tertiary/aromatic N) is 4. The largest absolute Gasteiger partial charge is 0.457 e. The molecule has 0 atom stereocenters. The molecular weight excluding hydrogens is 779 g/mol. The number of nitro benzene ring substituents is 1. The summed E-state index contributed by atoms with van der Waals surface area (Å²) in [5.41, 5.74) is 2.37. The van der Waals surface area contributed by atoms with Crippen LogP contribution in [0.3, 0.4) is 0 Å². The van der Waals surface area contributed by atoms with Crippen molar-refractivity contribution in [1.29, 1.82) is 0 Å². The second-order valence-electron chi connectivity index (χ2n) is 14.2. The van der Waals surface area contributed by atoms with Crippen molar-refractivity contribution in [1.82, 2.24) is 14.0 Å². The highest BCUT2D eigenvalue weighted by Crippen LogP contribution is 2.44. The zero-order chi connectivity index (χ0) is 38.7. The van der Waals surface area contributed by atoms with Crippen LogP contribution in [0.25, 0.3) is 27.7 Å². The van der Waals surface area contributed by atoms with Crippen LogP contribution in [0, 0.1) is 10.1 Å². The van der Waals surface area contributed by atoms with Gasteiger partial charge in [0.2, 0.25) is 10.0 Å². The molecule has 0 radical (unpaired) electrons. The third kappa shape index (κ3) is 6.95. The lowest BCUT2D eigenvalue weighted by atomic mass is 9.88. The highest BCUT2D eigenvalue weighted by atomic mass is 35.5. The molecule has 0 N–H and O–H groups in total. The van der Waals surface area contributed by atoms with Crippen molar-refractivity contribution >= 4 is 78.9 Å². The minimum atomic E-state index is -4.22. The molecule has 1 aliphatic heterocycles. The zero-order valence-electron chi connectivity index (χ0n) is 29.3. The van der Waals surface area contributed by atoms with E-state index in [-0.39, 0.29) is 63.6 Å². The van der Waals surface area contributed by atoms with E-state index in [1.54, 1.807) is 27.0 Å². The number of aromatic nitrogens is 2. The molecule has 0 amide bonds. The average molecular weight is 812 g/mol. The van der Waals surface area contributed by atoms with Crippen LogP contribution in [0.4, 0.5) is 5.69 Å². The number of para-hydroxylation sites is 1. The Kier molecular flexibility index (Phi) is 9.99. The summed E-state index contributed by atoms with van der Waals surface area (Å²) >= 11 is 19.6. The molecule has 0 bridgehead atoms. The van der Waals surface area contributed by atoms with Gasteiger partial charge in [0, 0.05) is 53.3 Å². The van der Waals surface area contributed by atoms with Crippen molar-refractivity contribution < 1.29 is 32.2 Å². The summed E-state index contributed by atoms with van der Waals surface area (Å²) in [7, 11) is -4.22. The van der Waals surface area contributed by atoms with Gasteiger partial charge in [0.25, 0.3) is 11.6 Å². The van der Waals surface area contributed by atoms with E-state index in [1.165, 1.54) is 45.3 Å². The lowest BCUT2D eigenvalue weighted by molar-refractivity contribution is -0.387. The number of halogens is 3. The number of hydrogen-bond acceptors (Lipinski definition) is 9. The van der Waals surface area contributed by atoms with Crippen LogP contribution < -0.4 is 0 Å². The van der Waals surface area contributed by atoms with Gasteiger partial charge in [-0.05, 0) is 87.4 Å². The number of rotatable bonds is 7. The Bertz CT molecular complexity index is 2490. The number of allylic oxidation sites excluding steroid dienone is 1. The molecule has 2 aromatic heterocycles. The van der Waals surface area contributed by atoms with Crippen molar-refractivity contribution in [2.75, 3.05) is 13.1 Å². The Morgan fingerprint density at radius 2 is 1.70 bits per heavy atom. The molecule has 54 heavy (non-hydrogen) atoms. The van der Waals surface area contributed by atoms with Gasteiger partial charge in [0.15, 0.2) is 10.7 Å². The van der Waals surface area contributed by atoms with Gasteiger partial charge in [-0.25, -0.2) is 13.2 Å². The molecule has 7 rings (SSSR count). The van der Waals surface area contributed by atoms with Crippen LogP contribution in [0.15, 0.2) is 76.3 Å². The van der Waals surface area contributed by atoms with Crippen LogP contribution in [-0.2, 0) is 26.0 Å². The molecule has 280 valence electrons. The predicted molar refractivity (Wildman–Crippen MR) is 205 cm³/mol. The first kappa shape index (κ1) is 37.8. The Labute approximate surface area is 325 Å². The van der Waals surface area contributed by atoms with Crippen LogP contribution in [0.5, 0.6) is 0 Å². The predicted octanol–water partition coefficient (Wildman–Crippen LogP) is 9.09. The fraction of sp³-hybridized carbons (Fsp3) is 0.289. The first-order chi connectivity index (χ1) is 25.5. The number of piperidine rings is 1. The maximum atomic E-state index is 14.9. The van der Waals surface area contributed by atoms with Crippen LogP contribution in [-0.4, -0.2) is 57.9 Å². The summed E-state index contributed by atoms with van der Waals surface area (Å²) < 4.78 is 41.4. The molecule has 1 aliphatic carbocycles. The van der Waals surface area contributed by atoms with Crippen molar-refractivity contribution in [3.63, 3.8) is 0 Å². The molecule has 2 aliphatic rings. The number of esters is 1. The molecule has 0 spiro atoms. The number of carbonyl (C=O) groups is 2. The number of nitro groups is 1. The normalized spacial score (nSPS) is 16.2. The van der Waals surface area contributed by atoms with Gasteiger partial charge in [0.05, 0.1) is 20.5 Å². The van der Waals surface area contributed by atoms with Crippen LogP contribution in [0.2, 0.25) is 15.1 Å². The molecular formula is C38H33Cl3N4O8S. The second-order valence-corrected chi connectivity index (χ2v) is 17.3. The van der Waals surface area contributed by atoms with E-state index in [1.807, 2.05) is 18.2 Å². The summed E-state index contributed by atoms with van der Waals surface area (Å²) in [4.78, 5) is 38.3. The first-order valence-corrected chi connectivity index (χ1v) is 19.6. The Balaban J connectivity index is 1.29. The monoisotopic (exact) mass is 810 g/mol. The first-order valence-electron chi connectivity index (χ1n) is 17.0. The Morgan fingerprint density at radius 3 is 2.37 bits per heavy atom. The standard InChI is InChI=1S/C38H33Cl3N4O8S/c1-38(2,3)52-31(46)17-22-11-12-23-20-44(29-9-6-7-25(22)32(23)29)37(47)34-35(33-26(40)18-24(39)19-27(33)41)42-53-36(34)21-13-15-43(16-14-21)54(50,51)30-10-5-4-8-28(30)45(48)49/h4-10,17-21H,11-16H2,1-3H3/b22-17+. The molecule has 3 aromatic carbocycles. The molecule has 1 saturated heterocycles. The van der Waals surface area contributed by atoms with Gasteiger partial charge in [-0.3, -0.25) is 19.5 Å². The summed E-state index contributed by atoms with van der Waals surface area (Å²) in [5.74, 6) is -1.18. The topological polar surface area (TPSA) is 155 Å². The zero-order valence-corrected chi connectivity index (χ0v) is 32.4. The second kappa shape index (κ2) is 14.3. The number of carbonyl (C=O) groups excluding carboxylic acids is 2. The summed E-state index contributed by atoms with van der Waals surface area (Å²) in [6.45, 7) is 5.40. The maximum absolute atomic E-state index is 14.9. The Morgan fingerprint density at radius 1 is 1.02 bits per heavy atom. The maximum Gasteiger partial charge on any atom is 0.331 e. The van der Waals surface area contributed by atoms with E-state index >= 15 is 0 Å². The Hall–Kier alpha value is -4.53. The third-order valence-electron chi connectivity index (χ3n) is 9.52. The van der Waals surface area contributed by atoms with Gasteiger partial charge in [-0.15, -0.1) is 0 Å². The number of benzene rings is 3. The van der Waals surface area contributed by atoms with Crippen molar-refractivity contribution in [3.05, 3.63) is 115 Å². The number of aryl methyl sites for hydroxylation is 1. The minimum absolute atomic E-state index is 0.00210. The molecule has 0 saturated carbocycles. The average Bonchev–Trinajstić information content (AvgIpc) is 3.71. The number of sulfonamides is 1. The smallest absolute Gasteiger partial charge is 0.331 e. The molecule has 16 heteroatoms. The fourth-order valence-electron chi connectivity index (χ4n) is 7.19. The van der Waals surface area contributed by atoms with Crippen molar-refractivity contribution in [3.8, 4) is 11.3 Å². The van der Waals surface area contributed by atoms with E-state index in [2.05, 4.69) is 5.16 Å². The van der Waals surface area contributed by atoms with Crippen LogP contribution >= 0.6 is 34.8 Å². The van der Waals surface area contributed by atoms with Gasteiger partial charge < -0.3 is 9.26 Å². The van der Waals surface area contributed by atoms with Gasteiger partial charge in [-0.1, -0.05) is 64.2 Å². The molecule has 3 heterocycles. The highest BCUT2D eigenvalue weighted by Gasteiger charge is 2.39. The molecule has 5 aromatic rings. The summed E-state index contributed by atoms with van der Waals surface area (Å²) in [5, 5.41) is 17.4.